The molecule has 158 valence electrons. The van der Waals surface area contributed by atoms with E-state index in [-0.39, 0.29) is 18.4 Å². The molecule has 3 rings (SSSR count). The second-order valence-corrected chi connectivity index (χ2v) is 7.90. The molecule has 1 N–H and O–H groups in total. The van der Waals surface area contributed by atoms with Gasteiger partial charge in [-0.2, -0.15) is 0 Å². The van der Waals surface area contributed by atoms with E-state index in [1.807, 2.05) is 47.0 Å². The second kappa shape index (κ2) is 10.9. The van der Waals surface area contributed by atoms with Crippen LogP contribution in [0.15, 0.2) is 53.0 Å². The monoisotopic (exact) mass is 471 g/mol. The van der Waals surface area contributed by atoms with Crippen LogP contribution in [0.2, 0.25) is 0 Å². The zero-order chi connectivity index (χ0) is 21.3. The average Bonchev–Trinajstić information content (AvgIpc) is 3.08. The number of amides is 1. The Kier molecular flexibility index (Phi) is 8.02. The normalized spacial score (nSPS) is 10.9. The van der Waals surface area contributed by atoms with Crippen molar-refractivity contribution in [3.8, 4) is 0 Å². The SMILES string of the molecule is CCOC(=O)Cn1c(CCCCCNC(=O)c2cccc(Br)c2)nc2ccccc21. The number of fused-ring (bicyclic) bond motifs is 1. The number of aryl methyl sites for hydroxylation is 1. The van der Waals surface area contributed by atoms with Crippen LogP contribution >= 0.6 is 15.9 Å². The first-order valence-electron chi connectivity index (χ1n) is 10.2. The molecule has 0 radical (unpaired) electrons. The Morgan fingerprint density at radius 3 is 2.73 bits per heavy atom. The molecule has 3 aromatic rings. The lowest BCUT2D eigenvalue weighted by Crippen LogP contribution is -2.24. The van der Waals surface area contributed by atoms with Crippen molar-refractivity contribution in [2.24, 2.45) is 0 Å². The van der Waals surface area contributed by atoms with Gasteiger partial charge in [-0.25, -0.2) is 4.98 Å². The smallest absolute Gasteiger partial charge is 0.326 e. The Hall–Kier alpha value is -2.67. The molecule has 1 heterocycles. The molecule has 6 nitrogen and oxygen atoms in total. The van der Waals surface area contributed by atoms with Gasteiger partial charge in [0.15, 0.2) is 0 Å². The molecule has 0 atom stereocenters. The Labute approximate surface area is 184 Å². The second-order valence-electron chi connectivity index (χ2n) is 6.98. The van der Waals surface area contributed by atoms with Crippen LogP contribution in [0.3, 0.4) is 0 Å². The summed E-state index contributed by atoms with van der Waals surface area (Å²) < 4.78 is 7.95. The van der Waals surface area contributed by atoms with Crippen molar-refractivity contribution in [3.05, 3.63) is 64.4 Å². The van der Waals surface area contributed by atoms with Crippen molar-refractivity contribution in [3.63, 3.8) is 0 Å². The van der Waals surface area contributed by atoms with E-state index in [1.54, 1.807) is 13.0 Å². The van der Waals surface area contributed by atoms with E-state index < -0.39 is 0 Å². The van der Waals surface area contributed by atoms with E-state index >= 15 is 0 Å². The fraction of sp³-hybridized carbons (Fsp3) is 0.348. The van der Waals surface area contributed by atoms with Gasteiger partial charge in [0.2, 0.25) is 0 Å². The summed E-state index contributed by atoms with van der Waals surface area (Å²) in [5.41, 5.74) is 2.48. The first-order valence-corrected chi connectivity index (χ1v) is 11.0. The van der Waals surface area contributed by atoms with E-state index in [4.69, 9.17) is 9.72 Å². The molecule has 0 spiro atoms. The van der Waals surface area contributed by atoms with Crippen LogP contribution in [0.5, 0.6) is 0 Å². The summed E-state index contributed by atoms with van der Waals surface area (Å²) in [6.45, 7) is 2.98. The van der Waals surface area contributed by atoms with Crippen LogP contribution in [-0.2, 0) is 22.5 Å². The van der Waals surface area contributed by atoms with Crippen molar-refractivity contribution in [1.82, 2.24) is 14.9 Å². The van der Waals surface area contributed by atoms with Crippen LogP contribution in [0.1, 0.15) is 42.4 Å². The van der Waals surface area contributed by atoms with Crippen LogP contribution in [0, 0.1) is 0 Å². The van der Waals surface area contributed by atoms with Gasteiger partial charge in [-0.05, 0) is 50.1 Å². The molecule has 1 amide bonds. The number of ether oxygens (including phenoxy) is 1. The molecule has 2 aromatic carbocycles. The zero-order valence-electron chi connectivity index (χ0n) is 17.1. The Morgan fingerprint density at radius 1 is 1.10 bits per heavy atom. The van der Waals surface area contributed by atoms with Gasteiger partial charge in [0, 0.05) is 23.0 Å². The maximum absolute atomic E-state index is 12.2. The van der Waals surface area contributed by atoms with Crippen molar-refractivity contribution in [2.45, 2.75) is 39.2 Å². The molecule has 0 aliphatic rings. The van der Waals surface area contributed by atoms with E-state index in [0.29, 0.717) is 18.7 Å². The Bertz CT molecular complexity index is 1020. The fourth-order valence-electron chi connectivity index (χ4n) is 3.35. The molecular formula is C23H26BrN3O3. The van der Waals surface area contributed by atoms with Gasteiger partial charge in [-0.15, -0.1) is 0 Å². The van der Waals surface area contributed by atoms with Crippen molar-refractivity contribution >= 4 is 38.8 Å². The minimum absolute atomic E-state index is 0.0625. The van der Waals surface area contributed by atoms with Gasteiger partial charge in [0.05, 0.1) is 17.6 Å². The third-order valence-corrected chi connectivity index (χ3v) is 5.27. The highest BCUT2D eigenvalue weighted by Crippen LogP contribution is 2.18. The number of carbonyl (C=O) groups excluding carboxylic acids is 2. The quantitative estimate of drug-likeness (QED) is 0.348. The van der Waals surface area contributed by atoms with Gasteiger partial charge >= 0.3 is 5.97 Å². The summed E-state index contributed by atoms with van der Waals surface area (Å²) in [7, 11) is 0. The number of benzene rings is 2. The standard InChI is InChI=1S/C23H26BrN3O3/c1-2-30-22(28)16-27-20-12-6-5-11-19(20)26-21(27)13-4-3-7-14-25-23(29)17-9-8-10-18(24)15-17/h5-6,8-12,15H,2-4,7,13-14,16H2,1H3,(H,25,29). The lowest BCUT2D eigenvalue weighted by Gasteiger charge is -2.09. The lowest BCUT2D eigenvalue weighted by molar-refractivity contribution is -0.143. The van der Waals surface area contributed by atoms with Gasteiger partial charge in [0.1, 0.15) is 12.4 Å². The molecule has 0 unspecified atom stereocenters. The van der Waals surface area contributed by atoms with Crippen LogP contribution < -0.4 is 5.32 Å². The Balaban J connectivity index is 1.49. The number of esters is 1. The van der Waals surface area contributed by atoms with E-state index in [0.717, 1.165) is 47.0 Å². The van der Waals surface area contributed by atoms with Gasteiger partial charge in [-0.3, -0.25) is 9.59 Å². The van der Waals surface area contributed by atoms with E-state index in [9.17, 15) is 9.59 Å². The molecule has 0 aliphatic heterocycles. The number of carbonyl (C=O) groups is 2. The van der Waals surface area contributed by atoms with E-state index in [2.05, 4.69) is 21.2 Å². The van der Waals surface area contributed by atoms with Gasteiger partial charge in [-0.1, -0.05) is 40.5 Å². The zero-order valence-corrected chi connectivity index (χ0v) is 18.7. The highest BCUT2D eigenvalue weighted by atomic mass is 79.9. The molecule has 0 bridgehead atoms. The maximum Gasteiger partial charge on any atom is 0.326 e. The third kappa shape index (κ3) is 5.92. The first kappa shape index (κ1) is 22.0. The topological polar surface area (TPSA) is 73.2 Å². The summed E-state index contributed by atoms with van der Waals surface area (Å²) in [5.74, 6) is 0.576. The number of rotatable bonds is 10. The summed E-state index contributed by atoms with van der Waals surface area (Å²) in [6, 6.07) is 15.2. The number of imidazole rings is 1. The number of hydrogen-bond donors (Lipinski definition) is 1. The molecule has 7 heteroatoms. The van der Waals surface area contributed by atoms with Crippen LogP contribution in [-0.4, -0.2) is 34.6 Å². The number of aromatic nitrogens is 2. The average molecular weight is 472 g/mol. The molecule has 1 aromatic heterocycles. The minimum Gasteiger partial charge on any atom is -0.465 e. The molecule has 0 aliphatic carbocycles. The number of unbranched alkanes of at least 4 members (excludes halogenated alkanes) is 2. The van der Waals surface area contributed by atoms with Crippen molar-refractivity contribution < 1.29 is 14.3 Å². The summed E-state index contributed by atoms with van der Waals surface area (Å²) in [4.78, 5) is 28.9. The number of para-hydroxylation sites is 2. The highest BCUT2D eigenvalue weighted by molar-refractivity contribution is 9.10. The molecule has 30 heavy (non-hydrogen) atoms. The fourth-order valence-corrected chi connectivity index (χ4v) is 3.75. The molecule has 0 saturated heterocycles. The van der Waals surface area contributed by atoms with Crippen molar-refractivity contribution in [2.75, 3.05) is 13.2 Å². The van der Waals surface area contributed by atoms with E-state index in [1.165, 1.54) is 0 Å². The summed E-state index contributed by atoms with van der Waals surface area (Å²) in [5, 5.41) is 2.96. The predicted octanol–water partition coefficient (Wildman–Crippen LogP) is 4.50. The molecular weight excluding hydrogens is 446 g/mol. The summed E-state index contributed by atoms with van der Waals surface area (Å²) >= 11 is 3.38. The third-order valence-electron chi connectivity index (χ3n) is 4.78. The lowest BCUT2D eigenvalue weighted by atomic mass is 10.1. The first-order chi connectivity index (χ1) is 14.6. The number of hydrogen-bond acceptors (Lipinski definition) is 4. The number of nitrogens with one attached hydrogen (secondary N) is 1. The van der Waals surface area contributed by atoms with Gasteiger partial charge < -0.3 is 14.6 Å². The molecule has 0 fully saturated rings. The van der Waals surface area contributed by atoms with Gasteiger partial charge in [0.25, 0.3) is 5.91 Å². The largest absolute Gasteiger partial charge is 0.465 e. The number of halogens is 1. The highest BCUT2D eigenvalue weighted by Gasteiger charge is 2.14. The predicted molar refractivity (Wildman–Crippen MR) is 120 cm³/mol. The van der Waals surface area contributed by atoms with Crippen LogP contribution in [0.25, 0.3) is 11.0 Å². The maximum atomic E-state index is 12.2. The van der Waals surface area contributed by atoms with Crippen molar-refractivity contribution in [1.29, 1.82) is 0 Å². The molecule has 0 saturated carbocycles. The minimum atomic E-state index is -0.253. The number of nitrogens with zero attached hydrogens (tertiary/aromatic N) is 2. The Morgan fingerprint density at radius 2 is 1.93 bits per heavy atom. The summed E-state index contributed by atoms with van der Waals surface area (Å²) in [6.07, 6.45) is 3.55. The van der Waals surface area contributed by atoms with Crippen LogP contribution in [0.4, 0.5) is 0 Å².